The maximum Gasteiger partial charge on any atom is 0.258 e. The Balaban J connectivity index is 1.93. The lowest BCUT2D eigenvalue weighted by atomic mass is 10.1. The van der Waals surface area contributed by atoms with Gasteiger partial charge in [0.05, 0.1) is 10.9 Å². The zero-order chi connectivity index (χ0) is 20.5. The van der Waals surface area contributed by atoms with E-state index >= 15 is 0 Å². The predicted octanol–water partition coefficient (Wildman–Crippen LogP) is 3.07. The van der Waals surface area contributed by atoms with Crippen molar-refractivity contribution in [2.75, 3.05) is 32.7 Å². The highest BCUT2D eigenvalue weighted by atomic mass is 16.2. The van der Waals surface area contributed by atoms with Crippen molar-refractivity contribution in [2.24, 2.45) is 5.92 Å². The second-order valence-electron chi connectivity index (χ2n) is 7.64. The number of hydrogen-bond acceptors (Lipinski definition) is 4. The van der Waals surface area contributed by atoms with E-state index in [1.165, 1.54) is 0 Å². The number of carbonyl (C=O) groups excluding carboxylic acids is 1. The number of hydrogen-bond donors (Lipinski definition) is 1. The van der Waals surface area contributed by atoms with Crippen molar-refractivity contribution in [2.45, 2.75) is 47.0 Å². The number of fused-ring (bicyclic) bond motifs is 1. The van der Waals surface area contributed by atoms with Crippen molar-refractivity contribution in [3.63, 3.8) is 0 Å². The largest absolute Gasteiger partial charge is 0.341 e. The zero-order valence-electron chi connectivity index (χ0n) is 17.7. The summed E-state index contributed by atoms with van der Waals surface area (Å²) in [4.78, 5) is 36.6. The van der Waals surface area contributed by atoms with Crippen LogP contribution in [0.5, 0.6) is 0 Å². The molecule has 1 amide bonds. The van der Waals surface area contributed by atoms with E-state index in [-0.39, 0.29) is 11.5 Å². The Bertz CT molecular complexity index is 812. The first kappa shape index (κ1) is 22.1. The summed E-state index contributed by atoms with van der Waals surface area (Å²) in [7, 11) is 0. The van der Waals surface area contributed by atoms with E-state index < -0.39 is 0 Å². The SMILES string of the molecule is CCN(CC)CCN(CC(C)C)C(=O)CCCc1nc2ccccc2c(=O)[nH]1. The molecule has 0 unspecified atom stereocenters. The molecule has 0 radical (unpaired) electrons. The highest BCUT2D eigenvalue weighted by molar-refractivity contribution is 5.77. The van der Waals surface area contributed by atoms with Crippen LogP contribution < -0.4 is 5.56 Å². The van der Waals surface area contributed by atoms with E-state index in [0.717, 1.165) is 32.7 Å². The van der Waals surface area contributed by atoms with Crippen LogP contribution in [-0.2, 0) is 11.2 Å². The molecule has 1 N–H and O–H groups in total. The summed E-state index contributed by atoms with van der Waals surface area (Å²) in [5, 5.41) is 0.599. The molecule has 2 aromatic rings. The third kappa shape index (κ3) is 6.44. The van der Waals surface area contributed by atoms with Crippen LogP contribution in [-0.4, -0.2) is 58.4 Å². The van der Waals surface area contributed by atoms with E-state index in [1.54, 1.807) is 6.07 Å². The Morgan fingerprint density at radius 3 is 2.54 bits per heavy atom. The number of likely N-dealkylation sites (N-methyl/N-ethyl adjacent to an activating group) is 1. The maximum atomic E-state index is 12.8. The van der Waals surface area contributed by atoms with Gasteiger partial charge in [-0.3, -0.25) is 9.59 Å². The van der Waals surface area contributed by atoms with E-state index in [4.69, 9.17) is 0 Å². The van der Waals surface area contributed by atoms with Gasteiger partial charge in [-0.25, -0.2) is 4.98 Å². The van der Waals surface area contributed by atoms with Gasteiger partial charge in [0.1, 0.15) is 5.82 Å². The monoisotopic (exact) mass is 386 g/mol. The molecule has 0 aliphatic heterocycles. The zero-order valence-corrected chi connectivity index (χ0v) is 17.7. The molecule has 0 bridgehead atoms. The molecule has 0 aliphatic rings. The standard InChI is InChI=1S/C22H34N4O2/c1-5-25(6-2)14-15-26(16-17(3)4)21(27)13-9-12-20-23-19-11-8-7-10-18(19)22(28)24-20/h7-8,10-11,17H,5-6,9,12-16H2,1-4H3,(H,23,24,28). The van der Waals surface area contributed by atoms with Crippen molar-refractivity contribution in [3.8, 4) is 0 Å². The molecular weight excluding hydrogens is 352 g/mol. The van der Waals surface area contributed by atoms with Gasteiger partial charge in [0, 0.05) is 32.5 Å². The summed E-state index contributed by atoms with van der Waals surface area (Å²) in [6.45, 7) is 13.0. The topological polar surface area (TPSA) is 69.3 Å². The van der Waals surface area contributed by atoms with Gasteiger partial charge in [-0.1, -0.05) is 39.8 Å². The average molecular weight is 387 g/mol. The van der Waals surface area contributed by atoms with E-state index in [0.29, 0.717) is 41.9 Å². The Hall–Kier alpha value is -2.21. The quantitative estimate of drug-likeness (QED) is 0.644. The number of aryl methyl sites for hydroxylation is 1. The van der Waals surface area contributed by atoms with Gasteiger partial charge in [-0.2, -0.15) is 0 Å². The van der Waals surface area contributed by atoms with E-state index in [9.17, 15) is 9.59 Å². The van der Waals surface area contributed by atoms with E-state index in [1.807, 2.05) is 23.1 Å². The van der Waals surface area contributed by atoms with Crippen molar-refractivity contribution in [1.82, 2.24) is 19.8 Å². The summed E-state index contributed by atoms with van der Waals surface area (Å²) in [5.74, 6) is 1.28. The summed E-state index contributed by atoms with van der Waals surface area (Å²) >= 11 is 0. The van der Waals surface area contributed by atoms with Gasteiger partial charge >= 0.3 is 0 Å². The second-order valence-corrected chi connectivity index (χ2v) is 7.64. The summed E-state index contributed by atoms with van der Waals surface area (Å²) < 4.78 is 0. The van der Waals surface area contributed by atoms with Crippen molar-refractivity contribution in [3.05, 3.63) is 40.4 Å². The summed E-state index contributed by atoms with van der Waals surface area (Å²) in [5.41, 5.74) is 0.584. The number of aromatic amines is 1. The number of carbonyl (C=O) groups is 1. The normalized spacial score (nSPS) is 11.5. The molecular formula is C22H34N4O2. The van der Waals surface area contributed by atoms with Gasteiger partial charge < -0.3 is 14.8 Å². The van der Waals surface area contributed by atoms with Crippen LogP contribution in [0.15, 0.2) is 29.1 Å². The number of nitrogens with zero attached hydrogens (tertiary/aromatic N) is 3. The number of amides is 1. The fraction of sp³-hybridized carbons (Fsp3) is 0.591. The Kier molecular flexibility index (Phi) is 8.64. The fourth-order valence-corrected chi connectivity index (χ4v) is 3.38. The van der Waals surface area contributed by atoms with Gasteiger partial charge in [0.2, 0.25) is 5.91 Å². The Morgan fingerprint density at radius 1 is 1.14 bits per heavy atom. The molecule has 0 aliphatic carbocycles. The predicted molar refractivity (Wildman–Crippen MR) is 115 cm³/mol. The molecule has 6 nitrogen and oxygen atoms in total. The molecule has 154 valence electrons. The third-order valence-corrected chi connectivity index (χ3v) is 4.98. The van der Waals surface area contributed by atoms with Crippen LogP contribution >= 0.6 is 0 Å². The average Bonchev–Trinajstić information content (AvgIpc) is 2.67. The van der Waals surface area contributed by atoms with Crippen molar-refractivity contribution >= 4 is 16.8 Å². The van der Waals surface area contributed by atoms with E-state index in [2.05, 4.69) is 42.6 Å². The number of benzene rings is 1. The Morgan fingerprint density at radius 2 is 1.86 bits per heavy atom. The molecule has 1 aromatic heterocycles. The minimum Gasteiger partial charge on any atom is -0.341 e. The third-order valence-electron chi connectivity index (χ3n) is 4.98. The second kappa shape index (κ2) is 11.0. The molecule has 28 heavy (non-hydrogen) atoms. The molecule has 2 rings (SSSR count). The summed E-state index contributed by atoms with van der Waals surface area (Å²) in [6.07, 6.45) is 1.75. The molecule has 0 atom stereocenters. The number of para-hydroxylation sites is 1. The molecule has 0 saturated carbocycles. The first-order chi connectivity index (χ1) is 13.4. The molecule has 0 spiro atoms. The van der Waals surface area contributed by atoms with Gasteiger partial charge in [0.25, 0.3) is 5.56 Å². The highest BCUT2D eigenvalue weighted by Gasteiger charge is 2.16. The number of rotatable bonds is 11. The van der Waals surface area contributed by atoms with Crippen molar-refractivity contribution in [1.29, 1.82) is 0 Å². The minimum absolute atomic E-state index is 0.118. The van der Waals surface area contributed by atoms with Crippen LogP contribution in [0.1, 0.15) is 46.4 Å². The van der Waals surface area contributed by atoms with Gasteiger partial charge in [-0.15, -0.1) is 0 Å². The van der Waals surface area contributed by atoms with Crippen molar-refractivity contribution < 1.29 is 4.79 Å². The first-order valence-electron chi connectivity index (χ1n) is 10.4. The molecule has 1 heterocycles. The fourth-order valence-electron chi connectivity index (χ4n) is 3.38. The van der Waals surface area contributed by atoms with Crippen LogP contribution in [0, 0.1) is 5.92 Å². The molecule has 0 saturated heterocycles. The number of nitrogens with one attached hydrogen (secondary N) is 1. The maximum absolute atomic E-state index is 12.8. The highest BCUT2D eigenvalue weighted by Crippen LogP contribution is 2.09. The molecule has 1 aromatic carbocycles. The molecule has 6 heteroatoms. The van der Waals surface area contributed by atoms with Gasteiger partial charge in [-0.05, 0) is 37.6 Å². The van der Waals surface area contributed by atoms with Crippen LogP contribution in [0.25, 0.3) is 10.9 Å². The number of H-pyrrole nitrogens is 1. The van der Waals surface area contributed by atoms with Crippen LogP contribution in [0.3, 0.4) is 0 Å². The summed E-state index contributed by atoms with van der Waals surface area (Å²) in [6, 6.07) is 7.33. The van der Waals surface area contributed by atoms with Gasteiger partial charge in [0.15, 0.2) is 0 Å². The molecule has 0 fully saturated rings. The minimum atomic E-state index is -0.118. The Labute approximate surface area is 168 Å². The lowest BCUT2D eigenvalue weighted by Crippen LogP contribution is -2.40. The number of aromatic nitrogens is 2. The van der Waals surface area contributed by atoms with Crippen LogP contribution in [0.4, 0.5) is 0 Å². The lowest BCUT2D eigenvalue weighted by Gasteiger charge is -2.28. The smallest absolute Gasteiger partial charge is 0.258 e. The lowest BCUT2D eigenvalue weighted by molar-refractivity contribution is -0.132. The van der Waals surface area contributed by atoms with Crippen LogP contribution in [0.2, 0.25) is 0 Å². The first-order valence-corrected chi connectivity index (χ1v) is 10.4.